The number of carbonyl (C=O) groups excluding carboxylic acids is 1. The highest BCUT2D eigenvalue weighted by molar-refractivity contribution is 5.87. The van der Waals surface area contributed by atoms with Crippen LogP contribution in [0.25, 0.3) is 0 Å². The third-order valence-electron chi connectivity index (χ3n) is 5.08. The summed E-state index contributed by atoms with van der Waals surface area (Å²) in [6, 6.07) is 10.4. The van der Waals surface area contributed by atoms with Crippen molar-refractivity contribution in [1.29, 1.82) is 0 Å². The lowest BCUT2D eigenvalue weighted by Crippen LogP contribution is -2.10. The second-order valence-corrected chi connectivity index (χ2v) is 7.15. The number of carbonyl (C=O) groups is 1. The van der Waals surface area contributed by atoms with E-state index in [1.54, 1.807) is 0 Å². The van der Waals surface area contributed by atoms with Crippen molar-refractivity contribution in [3.8, 4) is 0 Å². The number of hydrogen-bond donors (Lipinski definition) is 1. The highest BCUT2D eigenvalue weighted by Gasteiger charge is 2.20. The van der Waals surface area contributed by atoms with Crippen LogP contribution in [0, 0.1) is 13.8 Å². The summed E-state index contributed by atoms with van der Waals surface area (Å²) in [6.07, 6.45) is 10.3. The zero-order chi connectivity index (χ0) is 19.2. The molecule has 0 bridgehead atoms. The molecular weight excluding hydrogens is 334 g/mol. The van der Waals surface area contributed by atoms with E-state index >= 15 is 0 Å². The van der Waals surface area contributed by atoms with Crippen LogP contribution in [-0.2, 0) is 11.2 Å². The number of rotatable bonds is 5. The molecule has 1 aromatic carbocycles. The first-order valence-electron chi connectivity index (χ1n) is 9.56. The topological polar surface area (TPSA) is 54.4 Å². The third kappa shape index (κ3) is 4.91. The molecule has 140 valence electrons. The van der Waals surface area contributed by atoms with Gasteiger partial charge in [0.25, 0.3) is 0 Å². The van der Waals surface area contributed by atoms with Crippen molar-refractivity contribution in [2.75, 3.05) is 5.32 Å². The number of benzene rings is 1. The fourth-order valence-corrected chi connectivity index (χ4v) is 3.47. The van der Waals surface area contributed by atoms with Crippen LogP contribution in [0.5, 0.6) is 0 Å². The predicted molar refractivity (Wildman–Crippen MR) is 111 cm³/mol. The van der Waals surface area contributed by atoms with Gasteiger partial charge in [-0.25, -0.2) is 4.98 Å². The molecule has 1 N–H and O–H groups in total. The standard InChI is InChI=1S/C23H27N3O/c1-16-8-7-9-20(17(16)2)21(22-10-5-4-6-13-24-22)14-19-11-12-23(25-15-19)26-18(3)27/h7-13,15,21H,4-6,14H2,1-3H3,(H,25,26,27). The van der Waals surface area contributed by atoms with Crippen molar-refractivity contribution in [1.82, 2.24) is 4.98 Å². The fraction of sp³-hybridized carbons (Fsp3) is 0.348. The Morgan fingerprint density at radius 3 is 2.78 bits per heavy atom. The van der Waals surface area contributed by atoms with Crippen molar-refractivity contribution in [2.24, 2.45) is 4.99 Å². The largest absolute Gasteiger partial charge is 0.311 e. The molecule has 1 atom stereocenters. The third-order valence-corrected chi connectivity index (χ3v) is 5.08. The van der Waals surface area contributed by atoms with Gasteiger partial charge in [-0.15, -0.1) is 0 Å². The molecule has 2 heterocycles. The van der Waals surface area contributed by atoms with Gasteiger partial charge in [0.1, 0.15) is 5.82 Å². The summed E-state index contributed by atoms with van der Waals surface area (Å²) in [5.74, 6) is 0.676. The number of aliphatic imine (C=N–C) groups is 1. The lowest BCUT2D eigenvalue weighted by molar-refractivity contribution is -0.114. The average molecular weight is 361 g/mol. The molecule has 0 fully saturated rings. The van der Waals surface area contributed by atoms with E-state index in [4.69, 9.17) is 4.99 Å². The molecule has 1 aliphatic heterocycles. The maximum atomic E-state index is 11.2. The van der Waals surface area contributed by atoms with Crippen LogP contribution >= 0.6 is 0 Å². The number of allylic oxidation sites excluding steroid dienone is 2. The number of aromatic nitrogens is 1. The van der Waals surface area contributed by atoms with E-state index in [9.17, 15) is 4.79 Å². The number of anilines is 1. The van der Waals surface area contributed by atoms with Crippen LogP contribution < -0.4 is 5.32 Å². The Labute approximate surface area is 161 Å². The van der Waals surface area contributed by atoms with E-state index in [1.165, 1.54) is 23.6 Å². The van der Waals surface area contributed by atoms with E-state index in [2.05, 4.69) is 54.6 Å². The van der Waals surface area contributed by atoms with Crippen molar-refractivity contribution in [2.45, 2.75) is 52.4 Å². The van der Waals surface area contributed by atoms with E-state index < -0.39 is 0 Å². The molecule has 0 saturated heterocycles. The second-order valence-electron chi connectivity index (χ2n) is 7.15. The van der Waals surface area contributed by atoms with Gasteiger partial charge in [0.2, 0.25) is 5.91 Å². The molecule has 1 aliphatic rings. The van der Waals surface area contributed by atoms with Crippen LogP contribution in [0.4, 0.5) is 5.82 Å². The van der Waals surface area contributed by atoms with Crippen LogP contribution in [0.15, 0.2) is 53.3 Å². The Morgan fingerprint density at radius 2 is 2.04 bits per heavy atom. The lowest BCUT2D eigenvalue weighted by Gasteiger charge is -2.21. The molecule has 4 nitrogen and oxygen atoms in total. The van der Waals surface area contributed by atoms with Crippen LogP contribution in [0.3, 0.4) is 0 Å². The Balaban J connectivity index is 1.93. The molecule has 0 saturated carbocycles. The summed E-state index contributed by atoms with van der Waals surface area (Å²) in [5, 5.41) is 2.72. The number of hydrogen-bond acceptors (Lipinski definition) is 3. The number of nitrogens with one attached hydrogen (secondary N) is 1. The minimum atomic E-state index is -0.110. The van der Waals surface area contributed by atoms with Crippen molar-refractivity contribution in [3.63, 3.8) is 0 Å². The van der Waals surface area contributed by atoms with Gasteiger partial charge in [0.15, 0.2) is 0 Å². The van der Waals surface area contributed by atoms with Crippen molar-refractivity contribution < 1.29 is 4.79 Å². The van der Waals surface area contributed by atoms with Crippen LogP contribution in [0.1, 0.15) is 54.4 Å². The molecule has 1 amide bonds. The maximum absolute atomic E-state index is 11.2. The minimum Gasteiger partial charge on any atom is -0.311 e. The Hall–Kier alpha value is -2.75. The van der Waals surface area contributed by atoms with E-state index in [0.717, 1.165) is 36.9 Å². The summed E-state index contributed by atoms with van der Waals surface area (Å²) < 4.78 is 0. The summed E-state index contributed by atoms with van der Waals surface area (Å²) in [7, 11) is 0. The summed E-state index contributed by atoms with van der Waals surface area (Å²) in [4.78, 5) is 20.4. The first-order chi connectivity index (χ1) is 13.0. The smallest absolute Gasteiger partial charge is 0.222 e. The monoisotopic (exact) mass is 361 g/mol. The van der Waals surface area contributed by atoms with Gasteiger partial charge >= 0.3 is 0 Å². The van der Waals surface area contributed by atoms with Gasteiger partial charge in [0, 0.05) is 31.0 Å². The Bertz CT molecular complexity index is 866. The Morgan fingerprint density at radius 1 is 1.19 bits per heavy atom. The maximum Gasteiger partial charge on any atom is 0.222 e. The SMILES string of the molecule is CC(=O)Nc1ccc(CC(C2=CCCCC=N2)c2cccc(C)c2C)cn1. The number of amides is 1. The molecule has 0 spiro atoms. The molecule has 0 radical (unpaired) electrons. The zero-order valence-electron chi connectivity index (χ0n) is 16.3. The van der Waals surface area contributed by atoms with Gasteiger partial charge < -0.3 is 5.32 Å². The quantitative estimate of drug-likeness (QED) is 0.803. The number of aryl methyl sites for hydroxylation is 1. The molecule has 2 aromatic rings. The molecule has 1 unspecified atom stereocenters. The normalized spacial score (nSPS) is 15.0. The van der Waals surface area contributed by atoms with Crippen LogP contribution in [0.2, 0.25) is 0 Å². The van der Waals surface area contributed by atoms with Gasteiger partial charge in [-0.05, 0) is 67.9 Å². The highest BCUT2D eigenvalue weighted by atomic mass is 16.1. The summed E-state index contributed by atoms with van der Waals surface area (Å²) in [5.41, 5.74) is 6.23. The first-order valence-corrected chi connectivity index (χ1v) is 9.56. The molecule has 3 rings (SSSR count). The van der Waals surface area contributed by atoms with E-state index in [1.807, 2.05) is 18.3 Å². The highest BCUT2D eigenvalue weighted by Crippen LogP contribution is 2.33. The number of pyridine rings is 1. The van der Waals surface area contributed by atoms with Crippen molar-refractivity contribution >= 4 is 17.9 Å². The summed E-state index contributed by atoms with van der Waals surface area (Å²) >= 11 is 0. The number of nitrogens with zero attached hydrogens (tertiary/aromatic N) is 2. The fourth-order valence-electron chi connectivity index (χ4n) is 3.47. The molecule has 27 heavy (non-hydrogen) atoms. The summed E-state index contributed by atoms with van der Waals surface area (Å²) in [6.45, 7) is 5.84. The minimum absolute atomic E-state index is 0.110. The predicted octanol–water partition coefficient (Wildman–Crippen LogP) is 5.12. The van der Waals surface area contributed by atoms with Crippen molar-refractivity contribution in [3.05, 3.63) is 70.6 Å². The Kier molecular flexibility index (Phi) is 6.17. The molecular formula is C23H27N3O. The molecule has 4 heteroatoms. The average Bonchev–Trinajstić information content (AvgIpc) is 2.93. The van der Waals surface area contributed by atoms with E-state index in [-0.39, 0.29) is 11.8 Å². The van der Waals surface area contributed by atoms with Gasteiger partial charge in [-0.1, -0.05) is 30.3 Å². The van der Waals surface area contributed by atoms with Gasteiger partial charge in [-0.2, -0.15) is 0 Å². The second kappa shape index (κ2) is 8.76. The van der Waals surface area contributed by atoms with Crippen LogP contribution in [-0.4, -0.2) is 17.1 Å². The lowest BCUT2D eigenvalue weighted by atomic mass is 9.85. The molecule has 1 aromatic heterocycles. The zero-order valence-corrected chi connectivity index (χ0v) is 16.3. The molecule has 0 aliphatic carbocycles. The first kappa shape index (κ1) is 19.0. The van der Waals surface area contributed by atoms with Gasteiger partial charge in [0.05, 0.1) is 0 Å². The van der Waals surface area contributed by atoms with Gasteiger partial charge in [-0.3, -0.25) is 9.79 Å². The van der Waals surface area contributed by atoms with E-state index in [0.29, 0.717) is 5.82 Å².